The lowest BCUT2D eigenvalue weighted by Crippen LogP contribution is -2.29. The number of fused-ring (bicyclic) bond motifs is 1. The number of carbonyl (C=O) groups excluding carboxylic acids is 1. The molecule has 2 N–H and O–H groups in total. The van der Waals surface area contributed by atoms with Gasteiger partial charge in [-0.2, -0.15) is 4.52 Å². The third-order valence-corrected chi connectivity index (χ3v) is 4.31. The summed E-state index contributed by atoms with van der Waals surface area (Å²) in [7, 11) is 0. The molecule has 0 aliphatic carbocycles. The van der Waals surface area contributed by atoms with E-state index in [1.54, 1.807) is 6.92 Å². The molecule has 0 saturated carbocycles. The van der Waals surface area contributed by atoms with E-state index in [4.69, 9.17) is 0 Å². The molecule has 1 atom stereocenters. The minimum absolute atomic E-state index is 0.0729. The Kier molecular flexibility index (Phi) is 4.92. The van der Waals surface area contributed by atoms with Crippen LogP contribution in [0.25, 0.3) is 5.78 Å². The molecule has 0 saturated heterocycles. The fraction of sp³-hybridized carbons (Fsp3) is 0.333. The van der Waals surface area contributed by atoms with Gasteiger partial charge in [-0.1, -0.05) is 37.3 Å². The summed E-state index contributed by atoms with van der Waals surface area (Å²) < 4.78 is 1.29. The van der Waals surface area contributed by atoms with Gasteiger partial charge in [-0.15, -0.1) is 0 Å². The molecule has 3 aromatic rings. The fourth-order valence-corrected chi connectivity index (χ4v) is 2.78. The number of nitrogens with one attached hydrogen (secondary N) is 2. The highest BCUT2D eigenvalue weighted by Crippen LogP contribution is 2.13. The maximum atomic E-state index is 12.4. The molecule has 3 rings (SSSR count). The molecule has 0 spiro atoms. The van der Waals surface area contributed by atoms with E-state index < -0.39 is 0 Å². The second kappa shape index (κ2) is 7.29. The molecule has 2 heterocycles. The van der Waals surface area contributed by atoms with E-state index in [0.717, 1.165) is 0 Å². The molecule has 1 amide bonds. The second-order valence-corrected chi connectivity index (χ2v) is 6.12. The van der Waals surface area contributed by atoms with Gasteiger partial charge in [0, 0.05) is 18.5 Å². The number of rotatable bonds is 6. The second-order valence-electron chi connectivity index (χ2n) is 6.12. The van der Waals surface area contributed by atoms with Crippen LogP contribution in [0.4, 0.5) is 0 Å². The quantitative estimate of drug-likeness (QED) is 0.713. The topological polar surface area (TPSA) is 92.2 Å². The highest BCUT2D eigenvalue weighted by atomic mass is 16.1. The van der Waals surface area contributed by atoms with Crippen LogP contribution in [0, 0.1) is 6.92 Å². The zero-order valence-electron chi connectivity index (χ0n) is 14.3. The maximum absolute atomic E-state index is 12.4. The Bertz CT molecular complexity index is 930. The molecular weight excluding hydrogens is 318 g/mol. The predicted molar refractivity (Wildman–Crippen MR) is 94.5 cm³/mol. The van der Waals surface area contributed by atoms with Crippen LogP contribution < -0.4 is 10.9 Å². The van der Waals surface area contributed by atoms with Crippen molar-refractivity contribution in [1.82, 2.24) is 24.9 Å². The molecule has 0 bridgehead atoms. The van der Waals surface area contributed by atoms with Gasteiger partial charge < -0.3 is 5.32 Å². The van der Waals surface area contributed by atoms with Crippen molar-refractivity contribution in [1.29, 1.82) is 0 Å². The first-order valence-electron chi connectivity index (χ1n) is 8.29. The number of aromatic amines is 1. The Balaban J connectivity index is 1.58. The summed E-state index contributed by atoms with van der Waals surface area (Å²) in [5.74, 6) is 0.504. The smallest absolute Gasteiger partial charge is 0.277 e. The first-order valence-corrected chi connectivity index (χ1v) is 8.29. The molecule has 1 unspecified atom stereocenters. The molecular formula is C18H21N5O2. The van der Waals surface area contributed by atoms with E-state index in [-0.39, 0.29) is 23.8 Å². The number of carbonyl (C=O) groups is 1. The first kappa shape index (κ1) is 16.9. The van der Waals surface area contributed by atoms with E-state index >= 15 is 0 Å². The Labute approximate surface area is 145 Å². The molecule has 0 aliphatic rings. The molecule has 7 heteroatoms. The van der Waals surface area contributed by atoms with Gasteiger partial charge in [0.25, 0.3) is 11.3 Å². The third-order valence-electron chi connectivity index (χ3n) is 4.31. The Hall–Kier alpha value is -2.96. The zero-order valence-corrected chi connectivity index (χ0v) is 14.3. The van der Waals surface area contributed by atoms with Gasteiger partial charge in [-0.3, -0.25) is 14.7 Å². The lowest BCUT2D eigenvalue weighted by molar-refractivity contribution is -0.121. The molecule has 2 aromatic heterocycles. The average Bonchev–Trinajstić information content (AvgIpc) is 3.08. The Morgan fingerprint density at radius 1 is 1.32 bits per heavy atom. The predicted octanol–water partition coefficient (Wildman–Crippen LogP) is 1.58. The van der Waals surface area contributed by atoms with Crippen LogP contribution in [0.1, 0.15) is 36.1 Å². The van der Waals surface area contributed by atoms with Crippen molar-refractivity contribution in [3.63, 3.8) is 0 Å². The van der Waals surface area contributed by atoms with Crippen LogP contribution >= 0.6 is 0 Å². The number of nitrogens with zero attached hydrogens (tertiary/aromatic N) is 3. The van der Waals surface area contributed by atoms with Gasteiger partial charge in [0.05, 0.1) is 5.69 Å². The maximum Gasteiger partial charge on any atom is 0.277 e. The molecule has 0 fully saturated rings. The van der Waals surface area contributed by atoms with Gasteiger partial charge in [-0.05, 0) is 24.8 Å². The zero-order chi connectivity index (χ0) is 17.8. The summed E-state index contributed by atoms with van der Waals surface area (Å²) in [5.41, 5.74) is 2.13. The van der Waals surface area contributed by atoms with E-state index in [0.29, 0.717) is 30.0 Å². The summed E-state index contributed by atoms with van der Waals surface area (Å²) in [6.07, 6.45) is 2.02. The van der Waals surface area contributed by atoms with Crippen molar-refractivity contribution in [3.8, 4) is 0 Å². The van der Waals surface area contributed by atoms with Crippen LogP contribution in [0.15, 0.2) is 41.5 Å². The van der Waals surface area contributed by atoms with E-state index in [1.807, 2.05) is 30.3 Å². The van der Waals surface area contributed by atoms with Gasteiger partial charge >= 0.3 is 0 Å². The average molecular weight is 339 g/mol. The summed E-state index contributed by atoms with van der Waals surface area (Å²) in [4.78, 5) is 32.8. The lowest BCUT2D eigenvalue weighted by atomic mass is 10.0. The van der Waals surface area contributed by atoms with Gasteiger partial charge in [0.2, 0.25) is 5.91 Å². The van der Waals surface area contributed by atoms with Crippen LogP contribution in [0.3, 0.4) is 0 Å². The van der Waals surface area contributed by atoms with E-state index in [9.17, 15) is 9.59 Å². The van der Waals surface area contributed by atoms with Gasteiger partial charge in [0.1, 0.15) is 6.33 Å². The summed E-state index contributed by atoms with van der Waals surface area (Å²) in [6, 6.07) is 10.0. The minimum atomic E-state index is -0.203. The van der Waals surface area contributed by atoms with E-state index in [2.05, 4.69) is 27.3 Å². The highest BCUT2D eigenvalue weighted by molar-refractivity contribution is 5.76. The van der Waals surface area contributed by atoms with Crippen molar-refractivity contribution in [2.24, 2.45) is 0 Å². The van der Waals surface area contributed by atoms with Crippen LogP contribution in [0.5, 0.6) is 0 Å². The third kappa shape index (κ3) is 3.76. The number of amides is 1. The first-order chi connectivity index (χ1) is 12.1. The van der Waals surface area contributed by atoms with Gasteiger partial charge in [-0.25, -0.2) is 9.97 Å². The number of H-pyrrole nitrogens is 1. The molecule has 25 heavy (non-hydrogen) atoms. The summed E-state index contributed by atoms with van der Waals surface area (Å²) >= 11 is 0. The molecule has 7 nitrogen and oxygen atoms in total. The van der Waals surface area contributed by atoms with Crippen LogP contribution in [-0.2, 0) is 11.2 Å². The monoisotopic (exact) mass is 339 g/mol. The normalized spacial score (nSPS) is 12.2. The Morgan fingerprint density at radius 2 is 2.08 bits per heavy atom. The Morgan fingerprint density at radius 3 is 2.84 bits per heavy atom. The standard InChI is InChI=1S/C18H21N5O2/c1-12(14-6-4-3-5-7-14)10-19-16(24)9-8-15-13(2)22-18-20-11-21-23(18)17(15)25/h3-7,11-12H,8-10H2,1-2H3,(H,19,24)(H,20,21,22). The number of aromatic nitrogens is 4. The van der Waals surface area contributed by atoms with Crippen molar-refractivity contribution in [3.05, 3.63) is 63.8 Å². The minimum Gasteiger partial charge on any atom is -0.355 e. The van der Waals surface area contributed by atoms with Crippen molar-refractivity contribution >= 4 is 11.7 Å². The van der Waals surface area contributed by atoms with Crippen LogP contribution in [0.2, 0.25) is 0 Å². The van der Waals surface area contributed by atoms with E-state index in [1.165, 1.54) is 16.4 Å². The number of aryl methyl sites for hydroxylation is 1. The highest BCUT2D eigenvalue weighted by Gasteiger charge is 2.13. The summed E-state index contributed by atoms with van der Waals surface area (Å²) in [6.45, 7) is 4.40. The van der Waals surface area contributed by atoms with Crippen molar-refractivity contribution in [2.45, 2.75) is 32.6 Å². The number of hydrogen-bond acceptors (Lipinski definition) is 4. The largest absolute Gasteiger partial charge is 0.355 e. The van der Waals surface area contributed by atoms with Gasteiger partial charge in [0.15, 0.2) is 0 Å². The lowest BCUT2D eigenvalue weighted by Gasteiger charge is -2.13. The van der Waals surface area contributed by atoms with Crippen molar-refractivity contribution < 1.29 is 4.79 Å². The van der Waals surface area contributed by atoms with Crippen LogP contribution in [-0.4, -0.2) is 32.0 Å². The number of hydrogen-bond donors (Lipinski definition) is 2. The molecule has 0 radical (unpaired) electrons. The molecule has 0 aliphatic heterocycles. The molecule has 1 aromatic carbocycles. The van der Waals surface area contributed by atoms with Crippen molar-refractivity contribution in [2.75, 3.05) is 6.54 Å². The summed E-state index contributed by atoms with van der Waals surface area (Å²) in [5, 5.41) is 5.67. The molecule has 130 valence electrons. The SMILES string of the molecule is Cc1nc2nc[nH]n2c(=O)c1CCC(=O)NCC(C)c1ccccc1. The number of benzene rings is 1. The fourth-order valence-electron chi connectivity index (χ4n) is 2.78.